The van der Waals surface area contributed by atoms with Crippen molar-refractivity contribution in [3.05, 3.63) is 0 Å². The van der Waals surface area contributed by atoms with Crippen LogP contribution >= 0.6 is 0 Å². The van der Waals surface area contributed by atoms with Crippen LogP contribution in [0, 0.1) is 5.92 Å². The number of rotatable bonds is 3. The zero-order chi connectivity index (χ0) is 9.31. The summed E-state index contributed by atoms with van der Waals surface area (Å²) >= 11 is 0. The first-order valence-corrected chi connectivity index (χ1v) is 5.55. The van der Waals surface area contributed by atoms with Gasteiger partial charge >= 0.3 is 0 Å². The number of hydrogen-bond acceptors (Lipinski definition) is 2. The van der Waals surface area contributed by atoms with Crippen LogP contribution in [0.15, 0.2) is 0 Å². The lowest BCUT2D eigenvalue weighted by Crippen LogP contribution is -2.22. The molecule has 2 aliphatic rings. The van der Waals surface area contributed by atoms with E-state index in [2.05, 4.69) is 6.92 Å². The predicted molar refractivity (Wildman–Crippen MR) is 51.6 cm³/mol. The third kappa shape index (κ3) is 2.23. The SMILES string of the molecule is CC1CC1(O)CCC1CCCCO1. The van der Waals surface area contributed by atoms with Crippen molar-refractivity contribution >= 4 is 0 Å². The van der Waals surface area contributed by atoms with E-state index >= 15 is 0 Å². The van der Waals surface area contributed by atoms with Gasteiger partial charge in [-0.1, -0.05) is 6.92 Å². The smallest absolute Gasteiger partial charge is 0.0678 e. The Hall–Kier alpha value is -0.0800. The highest BCUT2D eigenvalue weighted by molar-refractivity contribution is 5.00. The van der Waals surface area contributed by atoms with Crippen LogP contribution in [0.3, 0.4) is 0 Å². The third-order valence-corrected chi connectivity index (χ3v) is 3.59. The van der Waals surface area contributed by atoms with Gasteiger partial charge in [0, 0.05) is 6.61 Å². The maximum absolute atomic E-state index is 9.87. The zero-order valence-electron chi connectivity index (χ0n) is 8.46. The predicted octanol–water partition coefficient (Wildman–Crippen LogP) is 2.11. The van der Waals surface area contributed by atoms with Gasteiger partial charge in [0.25, 0.3) is 0 Å². The molecule has 13 heavy (non-hydrogen) atoms. The Morgan fingerprint density at radius 2 is 2.23 bits per heavy atom. The number of aliphatic hydroxyl groups is 1. The van der Waals surface area contributed by atoms with Gasteiger partial charge in [-0.05, 0) is 44.4 Å². The molecule has 0 aromatic heterocycles. The summed E-state index contributed by atoms with van der Waals surface area (Å²) in [5.41, 5.74) is -0.319. The zero-order valence-corrected chi connectivity index (χ0v) is 8.46. The fourth-order valence-electron chi connectivity index (χ4n) is 2.27. The molecule has 2 heteroatoms. The first-order valence-electron chi connectivity index (χ1n) is 5.55. The summed E-state index contributed by atoms with van der Waals surface area (Å²) in [5, 5.41) is 9.87. The minimum absolute atomic E-state index is 0.319. The van der Waals surface area contributed by atoms with E-state index in [9.17, 15) is 5.11 Å². The van der Waals surface area contributed by atoms with Crippen LogP contribution < -0.4 is 0 Å². The van der Waals surface area contributed by atoms with Crippen molar-refractivity contribution in [1.82, 2.24) is 0 Å². The summed E-state index contributed by atoms with van der Waals surface area (Å²) in [5.74, 6) is 0.524. The first kappa shape index (κ1) is 9.47. The van der Waals surface area contributed by atoms with Crippen molar-refractivity contribution < 1.29 is 9.84 Å². The molecule has 1 saturated carbocycles. The third-order valence-electron chi connectivity index (χ3n) is 3.59. The average molecular weight is 184 g/mol. The van der Waals surface area contributed by atoms with E-state index in [4.69, 9.17) is 4.74 Å². The lowest BCUT2D eigenvalue weighted by Gasteiger charge is -2.23. The second-order valence-electron chi connectivity index (χ2n) is 4.74. The summed E-state index contributed by atoms with van der Waals surface area (Å²) in [4.78, 5) is 0. The molecule has 1 aliphatic heterocycles. The second-order valence-corrected chi connectivity index (χ2v) is 4.74. The Kier molecular flexibility index (Phi) is 2.61. The van der Waals surface area contributed by atoms with Crippen LogP contribution in [0.1, 0.15) is 45.4 Å². The Morgan fingerprint density at radius 3 is 2.77 bits per heavy atom. The summed E-state index contributed by atoms with van der Waals surface area (Å²) in [6.45, 7) is 3.06. The van der Waals surface area contributed by atoms with E-state index in [0.717, 1.165) is 25.9 Å². The van der Waals surface area contributed by atoms with Crippen LogP contribution in [0.4, 0.5) is 0 Å². The Labute approximate surface area is 80.3 Å². The number of ether oxygens (including phenoxy) is 1. The Morgan fingerprint density at radius 1 is 1.46 bits per heavy atom. The van der Waals surface area contributed by atoms with Crippen LogP contribution in [-0.4, -0.2) is 23.4 Å². The van der Waals surface area contributed by atoms with Gasteiger partial charge in [-0.3, -0.25) is 0 Å². The van der Waals surface area contributed by atoms with Crippen LogP contribution in [0.5, 0.6) is 0 Å². The molecular weight excluding hydrogens is 164 g/mol. The lowest BCUT2D eigenvalue weighted by molar-refractivity contribution is -0.00170. The van der Waals surface area contributed by atoms with Crippen molar-refractivity contribution in [2.45, 2.75) is 57.2 Å². The largest absolute Gasteiger partial charge is 0.390 e. The second kappa shape index (κ2) is 3.58. The van der Waals surface area contributed by atoms with Crippen molar-refractivity contribution in [1.29, 1.82) is 0 Å². The molecule has 2 rings (SSSR count). The summed E-state index contributed by atoms with van der Waals surface area (Å²) in [6.07, 6.45) is 7.16. The fraction of sp³-hybridized carbons (Fsp3) is 1.00. The molecule has 2 fully saturated rings. The molecule has 0 aromatic rings. The van der Waals surface area contributed by atoms with Crippen LogP contribution in [-0.2, 0) is 4.74 Å². The topological polar surface area (TPSA) is 29.5 Å². The van der Waals surface area contributed by atoms with Gasteiger partial charge in [0.05, 0.1) is 11.7 Å². The molecule has 0 amide bonds. The van der Waals surface area contributed by atoms with E-state index in [0.29, 0.717) is 12.0 Å². The minimum Gasteiger partial charge on any atom is -0.390 e. The highest BCUT2D eigenvalue weighted by atomic mass is 16.5. The van der Waals surface area contributed by atoms with Gasteiger partial charge in [0.1, 0.15) is 0 Å². The van der Waals surface area contributed by atoms with Crippen molar-refractivity contribution in [3.63, 3.8) is 0 Å². The fourth-order valence-corrected chi connectivity index (χ4v) is 2.27. The number of hydrogen-bond donors (Lipinski definition) is 1. The highest BCUT2D eigenvalue weighted by Crippen LogP contribution is 2.46. The summed E-state index contributed by atoms with van der Waals surface area (Å²) in [7, 11) is 0. The van der Waals surface area contributed by atoms with E-state index < -0.39 is 0 Å². The van der Waals surface area contributed by atoms with Crippen LogP contribution in [0.2, 0.25) is 0 Å². The molecule has 2 nitrogen and oxygen atoms in total. The molecule has 3 atom stereocenters. The molecular formula is C11H20O2. The molecule has 1 heterocycles. The van der Waals surface area contributed by atoms with Gasteiger partial charge in [-0.2, -0.15) is 0 Å². The molecule has 0 spiro atoms. The van der Waals surface area contributed by atoms with Crippen molar-refractivity contribution in [2.24, 2.45) is 5.92 Å². The van der Waals surface area contributed by atoms with Gasteiger partial charge in [-0.25, -0.2) is 0 Å². The quantitative estimate of drug-likeness (QED) is 0.728. The summed E-state index contributed by atoms with van der Waals surface area (Å²) in [6, 6.07) is 0. The van der Waals surface area contributed by atoms with E-state index in [-0.39, 0.29) is 5.60 Å². The monoisotopic (exact) mass is 184 g/mol. The first-order chi connectivity index (χ1) is 6.21. The molecule has 0 aromatic carbocycles. The molecule has 1 N–H and O–H groups in total. The Balaban J connectivity index is 1.67. The van der Waals surface area contributed by atoms with E-state index in [1.165, 1.54) is 19.3 Å². The van der Waals surface area contributed by atoms with Crippen molar-refractivity contribution in [3.8, 4) is 0 Å². The van der Waals surface area contributed by atoms with Gasteiger partial charge < -0.3 is 9.84 Å². The maximum atomic E-state index is 9.87. The maximum Gasteiger partial charge on any atom is 0.0678 e. The van der Waals surface area contributed by atoms with Gasteiger partial charge in [-0.15, -0.1) is 0 Å². The molecule has 3 unspecified atom stereocenters. The normalized spacial score (nSPS) is 44.8. The van der Waals surface area contributed by atoms with Crippen LogP contribution in [0.25, 0.3) is 0 Å². The van der Waals surface area contributed by atoms with E-state index in [1.54, 1.807) is 0 Å². The van der Waals surface area contributed by atoms with Gasteiger partial charge in [0.15, 0.2) is 0 Å². The minimum atomic E-state index is -0.319. The highest BCUT2D eigenvalue weighted by Gasteiger charge is 2.49. The van der Waals surface area contributed by atoms with Crippen molar-refractivity contribution in [2.75, 3.05) is 6.61 Å². The summed E-state index contributed by atoms with van der Waals surface area (Å²) < 4.78 is 5.63. The Bertz CT molecular complexity index is 175. The molecule has 76 valence electrons. The molecule has 1 aliphatic carbocycles. The molecule has 0 radical (unpaired) electrons. The average Bonchev–Trinajstić information content (AvgIpc) is 2.74. The lowest BCUT2D eigenvalue weighted by atomic mass is 10.0. The molecule has 0 bridgehead atoms. The molecule has 1 saturated heterocycles. The standard InChI is InChI=1S/C11H20O2/c1-9-8-11(9,12)6-5-10-4-2-3-7-13-10/h9-10,12H,2-8H2,1H3. The van der Waals surface area contributed by atoms with Gasteiger partial charge in [0.2, 0.25) is 0 Å². The van der Waals surface area contributed by atoms with E-state index in [1.807, 2.05) is 0 Å².